The highest BCUT2D eigenvalue weighted by Crippen LogP contribution is 2.35. The third-order valence-electron chi connectivity index (χ3n) is 12.7. The van der Waals surface area contributed by atoms with E-state index in [2.05, 4.69) is 10.6 Å². The zero-order chi connectivity index (χ0) is 52.8. The van der Waals surface area contributed by atoms with Crippen molar-refractivity contribution in [3.05, 3.63) is 85.1 Å². The largest absolute Gasteiger partial charge is 0.481 e. The lowest BCUT2D eigenvalue weighted by atomic mass is 9.87. The van der Waals surface area contributed by atoms with Gasteiger partial charge in [0.25, 0.3) is 0 Å². The van der Waals surface area contributed by atoms with E-state index < -0.39 is 160 Å². The number of amides is 2. The number of esters is 1. The molecule has 21 nitrogen and oxygen atoms in total. The second-order valence-electron chi connectivity index (χ2n) is 18.8. The molecule has 0 spiro atoms. The summed E-state index contributed by atoms with van der Waals surface area (Å²) in [6.07, 6.45) is 3.27. The van der Waals surface area contributed by atoms with Crippen LogP contribution in [-0.4, -0.2) is 184 Å². The van der Waals surface area contributed by atoms with Crippen molar-refractivity contribution in [3.63, 3.8) is 0 Å². The smallest absolute Gasteiger partial charge is 0.315 e. The number of allylic oxidation sites excluding steroid dienone is 12. The summed E-state index contributed by atoms with van der Waals surface area (Å²) in [6.45, 7) is 6.47. The lowest BCUT2D eigenvalue weighted by molar-refractivity contribution is -0.303. The number of carbonyl (C=O) groups is 3. The molecule has 3 aliphatic heterocycles. The van der Waals surface area contributed by atoms with E-state index in [4.69, 9.17) is 29.8 Å². The van der Waals surface area contributed by atoms with Gasteiger partial charge in [-0.1, -0.05) is 98.9 Å². The van der Waals surface area contributed by atoms with Crippen molar-refractivity contribution in [3.8, 4) is 0 Å². The Kier molecular flexibility index (Phi) is 26.5. The van der Waals surface area contributed by atoms with Gasteiger partial charge in [0.2, 0.25) is 0 Å². The topological polar surface area (TPSA) is 361 Å². The molecule has 3 rings (SSSR count). The first kappa shape index (κ1) is 61.1. The van der Waals surface area contributed by atoms with E-state index in [-0.39, 0.29) is 38.1 Å². The molecule has 3 heterocycles. The molecule has 0 aromatic rings. The van der Waals surface area contributed by atoms with Crippen LogP contribution in [0.1, 0.15) is 85.5 Å². The number of fused-ring (bicyclic) bond motifs is 2. The molecule has 2 fully saturated rings. The molecule has 0 saturated carbocycles. The van der Waals surface area contributed by atoms with Crippen molar-refractivity contribution in [2.75, 3.05) is 6.54 Å². The summed E-state index contributed by atoms with van der Waals surface area (Å²) in [5.74, 6) is -4.99. The number of aliphatic hydroxyl groups is 10. The molecule has 0 aromatic heterocycles. The molecule has 3 aliphatic rings. The minimum Gasteiger partial charge on any atom is -0.481 e. The molecule has 14 unspecified atom stereocenters. The third-order valence-corrected chi connectivity index (χ3v) is 12.7. The summed E-state index contributed by atoms with van der Waals surface area (Å²) >= 11 is 0. The number of aliphatic carboxylic acids is 1. The lowest BCUT2D eigenvalue weighted by Crippen LogP contribution is -2.64. The lowest BCUT2D eigenvalue weighted by Gasteiger charge is -2.46. The number of nitrogens with two attached hydrogens (primary N) is 1. The van der Waals surface area contributed by atoms with E-state index >= 15 is 0 Å². The van der Waals surface area contributed by atoms with Crippen molar-refractivity contribution in [1.82, 2.24) is 10.6 Å². The minimum absolute atomic E-state index is 0.119. The summed E-state index contributed by atoms with van der Waals surface area (Å²) in [6, 6.07) is -3.33. The number of carboxylic acids is 1. The second kappa shape index (κ2) is 30.8. The van der Waals surface area contributed by atoms with E-state index in [1.807, 2.05) is 13.0 Å². The fourth-order valence-corrected chi connectivity index (χ4v) is 8.32. The molecular weight excluding hydrogens is 931 g/mol. The number of ether oxygens (including phenoxy) is 4. The maximum Gasteiger partial charge on any atom is 0.315 e. The quantitative estimate of drug-likeness (QED) is 0.158. The van der Waals surface area contributed by atoms with Gasteiger partial charge in [-0.05, 0) is 33.1 Å². The molecule has 15 N–H and O–H groups in total. The number of hydrogen-bond donors (Lipinski definition) is 14. The summed E-state index contributed by atoms with van der Waals surface area (Å²) in [5.41, 5.74) is 6.08. The number of rotatable bonds is 6. The predicted octanol–water partition coefficient (Wildman–Crippen LogP) is 0.153. The Morgan fingerprint density at radius 1 is 0.704 bits per heavy atom. The summed E-state index contributed by atoms with van der Waals surface area (Å²) < 4.78 is 23.6. The highest BCUT2D eigenvalue weighted by Gasteiger charge is 2.49. The Morgan fingerprint density at radius 3 is 1.90 bits per heavy atom. The molecule has 2 bridgehead atoms. The van der Waals surface area contributed by atoms with Gasteiger partial charge in [0.05, 0.1) is 92.1 Å². The van der Waals surface area contributed by atoms with E-state index in [0.29, 0.717) is 0 Å². The number of cyclic esters (lactones) is 1. The van der Waals surface area contributed by atoms with E-state index in [1.165, 1.54) is 6.92 Å². The number of carboxylic acid groups (broad SMARTS) is 1. The standard InChI is InChI=1S/C50H79N3O18/c1-29-17-15-13-11-9-7-5-6-8-10-12-14-16-18-36(70-48-47(65)43(51)46(64)32(4)69-48)26-40-44(53-49(66)52-22-21-41(60)61)39(59)28-50(67,71-40)27-35(56)24-38(58)37(57)20-19-33(54)23-34(55)25-42(62)68-31(3)30(2)45(29)63/h5-18,29-40,43-48,54-59,63-65,67H,19-28,51H2,1-4H3,(H,60,61)(H2,52,53,66)/b6-5+,9-7+,10-8+,13-11+,14-12+,17-15+,18-16+/t29-,30-,31-,32?,33?,34?,35?,36?,37?,38?,39-,40-,43?,44?,45?,46?,47?,48?,50?/m0/s1. The van der Waals surface area contributed by atoms with Gasteiger partial charge in [0.15, 0.2) is 12.1 Å². The summed E-state index contributed by atoms with van der Waals surface area (Å²) in [7, 11) is 0. The molecule has 0 aliphatic carbocycles. The maximum atomic E-state index is 13.0. The van der Waals surface area contributed by atoms with Crippen molar-refractivity contribution < 1.29 is 89.5 Å². The average molecular weight is 1010 g/mol. The first-order valence-electron chi connectivity index (χ1n) is 24.2. The van der Waals surface area contributed by atoms with Gasteiger partial charge in [0.1, 0.15) is 12.2 Å². The summed E-state index contributed by atoms with van der Waals surface area (Å²) in [4.78, 5) is 36.7. The van der Waals surface area contributed by atoms with Gasteiger partial charge in [-0.2, -0.15) is 0 Å². The monoisotopic (exact) mass is 1010 g/mol. The summed E-state index contributed by atoms with van der Waals surface area (Å²) in [5, 5.41) is 123. The van der Waals surface area contributed by atoms with Crippen LogP contribution in [-0.2, 0) is 28.5 Å². The molecular formula is C50H79N3O18. The highest BCUT2D eigenvalue weighted by molar-refractivity contribution is 5.75. The van der Waals surface area contributed by atoms with E-state index in [0.717, 1.165) is 0 Å². The number of urea groups is 1. The zero-order valence-corrected chi connectivity index (χ0v) is 40.9. The van der Waals surface area contributed by atoms with Crippen LogP contribution in [0.4, 0.5) is 4.79 Å². The molecule has 21 heteroatoms. The first-order valence-corrected chi connectivity index (χ1v) is 24.2. The first-order chi connectivity index (χ1) is 33.5. The molecule has 0 aromatic carbocycles. The minimum atomic E-state index is -2.32. The molecule has 2 saturated heterocycles. The number of carbonyl (C=O) groups excluding carboxylic acids is 2. The Labute approximate surface area is 415 Å². The van der Waals surface area contributed by atoms with E-state index in [1.54, 1.807) is 92.8 Å². The SMILES string of the molecule is CC1OC(OC2/C=C/C=C/C=C/C=C/C=C/C=C/C=C/[C@H](C)C(O)[C@@H](C)[C@H](C)OC(=O)CC(O)CC(O)CCC(O)C(O)CC(O)CC3(O)C[C@H](O)C(NC(=O)NCCC(=O)O)[C@H](C2)O3)C(O)C(N)C1O. The Morgan fingerprint density at radius 2 is 1.30 bits per heavy atom. The van der Waals surface area contributed by atoms with Gasteiger partial charge >= 0.3 is 18.0 Å². The Balaban J connectivity index is 1.93. The van der Waals surface area contributed by atoms with E-state index in [9.17, 15) is 65.4 Å². The normalized spacial score (nSPS) is 42.5. The van der Waals surface area contributed by atoms with Crippen LogP contribution in [0.15, 0.2) is 85.1 Å². The molecule has 0 radical (unpaired) electrons. The average Bonchev–Trinajstić information content (AvgIpc) is 3.28. The van der Waals surface area contributed by atoms with Crippen LogP contribution < -0.4 is 16.4 Å². The van der Waals surface area contributed by atoms with Crippen molar-refractivity contribution in [2.45, 2.75) is 189 Å². The Hall–Kier alpha value is -4.17. The molecule has 19 atom stereocenters. The van der Waals surface area contributed by atoms with Crippen LogP contribution in [0.2, 0.25) is 0 Å². The predicted molar refractivity (Wildman–Crippen MR) is 258 cm³/mol. The number of aliphatic hydroxyl groups excluding tert-OH is 9. The number of hydrogen-bond acceptors (Lipinski definition) is 18. The van der Waals surface area contributed by atoms with Crippen LogP contribution in [0.3, 0.4) is 0 Å². The van der Waals surface area contributed by atoms with Crippen LogP contribution in [0.25, 0.3) is 0 Å². The maximum absolute atomic E-state index is 13.0. The van der Waals surface area contributed by atoms with Crippen LogP contribution in [0, 0.1) is 11.8 Å². The van der Waals surface area contributed by atoms with Gasteiger partial charge in [-0.25, -0.2) is 4.79 Å². The van der Waals surface area contributed by atoms with Gasteiger partial charge in [0, 0.05) is 44.1 Å². The van der Waals surface area contributed by atoms with Crippen LogP contribution in [0.5, 0.6) is 0 Å². The van der Waals surface area contributed by atoms with Crippen molar-refractivity contribution in [1.29, 1.82) is 0 Å². The fraction of sp³-hybridized carbons (Fsp3) is 0.660. The third kappa shape index (κ3) is 21.8. The molecule has 71 heavy (non-hydrogen) atoms. The molecule has 402 valence electrons. The van der Waals surface area contributed by atoms with Crippen LogP contribution >= 0.6 is 0 Å². The second-order valence-corrected chi connectivity index (χ2v) is 18.8. The van der Waals surface area contributed by atoms with Gasteiger partial charge < -0.3 is 91.5 Å². The van der Waals surface area contributed by atoms with Crippen molar-refractivity contribution >= 4 is 18.0 Å². The molecule has 2 amide bonds. The number of nitrogens with one attached hydrogen (secondary N) is 2. The van der Waals surface area contributed by atoms with Gasteiger partial charge in [-0.15, -0.1) is 0 Å². The van der Waals surface area contributed by atoms with Crippen molar-refractivity contribution in [2.24, 2.45) is 17.6 Å². The Bertz CT molecular complexity index is 1840. The highest BCUT2D eigenvalue weighted by atomic mass is 16.7. The fourth-order valence-electron chi connectivity index (χ4n) is 8.32. The van der Waals surface area contributed by atoms with Gasteiger partial charge in [-0.3, -0.25) is 9.59 Å². The zero-order valence-electron chi connectivity index (χ0n) is 40.9.